The van der Waals surface area contributed by atoms with Gasteiger partial charge in [0.1, 0.15) is 17.8 Å². The maximum Gasteiger partial charge on any atom is 0.573 e. The molecule has 1 N–H and O–H groups in total. The van der Waals surface area contributed by atoms with E-state index in [1.54, 1.807) is 17.0 Å². The first-order valence-electron chi connectivity index (χ1n) is 16.9. The van der Waals surface area contributed by atoms with Crippen LogP contribution in [0, 0.1) is 5.92 Å². The summed E-state index contributed by atoms with van der Waals surface area (Å²) in [5.41, 5.74) is 1.78. The standard InChI is InChI=1S/C35H43F3N6O5/c1-3-47-32-30(33(48-4-2)41-23-40-32)44(34(46)25-9-7-10-25)20-6-5-19-43-21-16-26(17-22-43)42-31(45)29-28(11-8-18-39-29)24-12-14-27(15-13-24)49-35(36,37)38/h8,11-15,18,23,25-26H,3-7,9-10,16-17,19-22H2,1-2H3,(H,42,45). The lowest BCUT2D eigenvalue weighted by molar-refractivity contribution is -0.274. The fraction of sp³-hybridized carbons (Fsp3) is 0.514. The topological polar surface area (TPSA) is 119 Å². The van der Waals surface area contributed by atoms with Crippen molar-refractivity contribution in [2.75, 3.05) is 44.3 Å². The van der Waals surface area contributed by atoms with Gasteiger partial charge in [-0.05, 0) is 82.7 Å². The number of halogens is 3. The summed E-state index contributed by atoms with van der Waals surface area (Å²) in [5, 5.41) is 3.09. The average Bonchev–Trinajstić information content (AvgIpc) is 3.05. The molecule has 2 aliphatic rings. The molecule has 264 valence electrons. The number of rotatable bonds is 15. The second-order valence-corrected chi connectivity index (χ2v) is 12.1. The summed E-state index contributed by atoms with van der Waals surface area (Å²) in [7, 11) is 0. The molecule has 1 saturated carbocycles. The summed E-state index contributed by atoms with van der Waals surface area (Å²) in [4.78, 5) is 43.9. The maximum atomic E-state index is 13.6. The van der Waals surface area contributed by atoms with Crippen LogP contribution in [0.4, 0.5) is 18.9 Å². The van der Waals surface area contributed by atoms with Crippen molar-refractivity contribution in [3.63, 3.8) is 0 Å². The quantitative estimate of drug-likeness (QED) is 0.191. The molecule has 11 nitrogen and oxygen atoms in total. The highest BCUT2D eigenvalue weighted by Gasteiger charge is 2.34. The van der Waals surface area contributed by atoms with Gasteiger partial charge in [-0.1, -0.05) is 24.6 Å². The van der Waals surface area contributed by atoms with Gasteiger partial charge >= 0.3 is 6.36 Å². The van der Waals surface area contributed by atoms with E-state index in [1.165, 1.54) is 36.8 Å². The third-order valence-electron chi connectivity index (χ3n) is 8.76. The number of benzene rings is 1. The van der Waals surface area contributed by atoms with Crippen LogP contribution in [0.25, 0.3) is 11.1 Å². The van der Waals surface area contributed by atoms with Crippen molar-refractivity contribution in [1.82, 2.24) is 25.2 Å². The van der Waals surface area contributed by atoms with Crippen molar-refractivity contribution in [3.8, 4) is 28.6 Å². The Bertz CT molecular complexity index is 1520. The fourth-order valence-electron chi connectivity index (χ4n) is 6.09. The number of anilines is 1. The van der Waals surface area contributed by atoms with E-state index in [9.17, 15) is 22.8 Å². The number of ether oxygens (including phenoxy) is 3. The number of unbranched alkanes of at least 4 members (excludes halogenated alkanes) is 1. The number of pyridine rings is 1. The summed E-state index contributed by atoms with van der Waals surface area (Å²) in [6.45, 7) is 7.51. The van der Waals surface area contributed by atoms with Crippen LogP contribution in [0.3, 0.4) is 0 Å². The third kappa shape index (κ3) is 9.58. The highest BCUT2D eigenvalue weighted by atomic mass is 19.4. The lowest BCUT2D eigenvalue weighted by atomic mass is 9.84. The largest absolute Gasteiger partial charge is 0.573 e. The van der Waals surface area contributed by atoms with Crippen LogP contribution < -0.4 is 24.4 Å². The number of piperidine rings is 1. The second kappa shape index (κ2) is 16.8. The van der Waals surface area contributed by atoms with Crippen LogP contribution in [0.1, 0.15) is 69.3 Å². The molecule has 0 spiro atoms. The molecule has 0 radical (unpaired) electrons. The Balaban J connectivity index is 1.13. The van der Waals surface area contributed by atoms with Crippen LogP contribution in [0.5, 0.6) is 17.5 Å². The predicted octanol–water partition coefficient (Wildman–Crippen LogP) is 6.04. The van der Waals surface area contributed by atoms with E-state index < -0.39 is 6.36 Å². The molecule has 1 saturated heterocycles. The summed E-state index contributed by atoms with van der Waals surface area (Å²) in [5.74, 6) is 0.0771. The van der Waals surface area contributed by atoms with Gasteiger partial charge < -0.3 is 29.3 Å². The summed E-state index contributed by atoms with van der Waals surface area (Å²) < 4.78 is 53.2. The number of aromatic nitrogens is 3. The van der Waals surface area contributed by atoms with Crippen LogP contribution in [-0.4, -0.2) is 83.5 Å². The molecule has 2 amide bonds. The van der Waals surface area contributed by atoms with Gasteiger partial charge in [-0.25, -0.2) is 0 Å². The van der Waals surface area contributed by atoms with E-state index in [4.69, 9.17) is 9.47 Å². The van der Waals surface area contributed by atoms with Crippen LogP contribution in [0.2, 0.25) is 0 Å². The molecule has 3 aromatic rings. The Morgan fingerprint density at radius 3 is 2.20 bits per heavy atom. The number of carbonyl (C=O) groups excluding carboxylic acids is 2. The molecular weight excluding hydrogens is 641 g/mol. The number of nitrogens with zero attached hydrogens (tertiary/aromatic N) is 5. The van der Waals surface area contributed by atoms with Gasteiger partial charge in [0.2, 0.25) is 17.7 Å². The number of hydrogen-bond donors (Lipinski definition) is 1. The predicted molar refractivity (Wildman–Crippen MR) is 177 cm³/mol. The van der Waals surface area contributed by atoms with Crippen molar-refractivity contribution in [3.05, 3.63) is 54.6 Å². The molecular formula is C35H43F3N6O5. The zero-order valence-electron chi connectivity index (χ0n) is 27.9. The molecule has 2 aromatic heterocycles. The Morgan fingerprint density at radius 1 is 0.939 bits per heavy atom. The number of alkyl halides is 3. The minimum absolute atomic E-state index is 0.0148. The highest BCUT2D eigenvalue weighted by molar-refractivity contribution is 5.99. The third-order valence-corrected chi connectivity index (χ3v) is 8.76. The summed E-state index contributed by atoms with van der Waals surface area (Å²) in [6, 6.07) is 8.72. The molecule has 1 aliphatic carbocycles. The Kier molecular flexibility index (Phi) is 12.3. The molecule has 5 rings (SSSR count). The lowest BCUT2D eigenvalue weighted by Crippen LogP contribution is -2.45. The second-order valence-electron chi connectivity index (χ2n) is 12.1. The van der Waals surface area contributed by atoms with Crippen molar-refractivity contribution in [2.45, 2.75) is 71.2 Å². The van der Waals surface area contributed by atoms with E-state index >= 15 is 0 Å². The van der Waals surface area contributed by atoms with Gasteiger partial charge in [0.05, 0.1) is 13.2 Å². The van der Waals surface area contributed by atoms with Crippen LogP contribution >= 0.6 is 0 Å². The molecule has 0 unspecified atom stereocenters. The Morgan fingerprint density at radius 2 is 1.61 bits per heavy atom. The van der Waals surface area contributed by atoms with Crippen LogP contribution in [-0.2, 0) is 4.79 Å². The Hall–Kier alpha value is -4.46. The van der Waals surface area contributed by atoms with E-state index in [-0.39, 0.29) is 35.2 Å². The SMILES string of the molecule is CCOc1ncnc(OCC)c1N(CCCCN1CCC(NC(=O)c2ncccc2-c2ccc(OC(F)(F)F)cc2)CC1)C(=O)C1CCC1. The number of likely N-dealkylation sites (tertiary alicyclic amines) is 1. The molecule has 14 heteroatoms. The minimum atomic E-state index is -4.78. The molecule has 1 aromatic carbocycles. The first-order valence-corrected chi connectivity index (χ1v) is 16.9. The molecule has 1 aliphatic heterocycles. The van der Waals surface area contributed by atoms with Gasteiger partial charge in [-0.15, -0.1) is 13.2 Å². The molecule has 3 heterocycles. The summed E-state index contributed by atoms with van der Waals surface area (Å²) >= 11 is 0. The normalized spacial score (nSPS) is 15.7. The number of carbonyl (C=O) groups is 2. The van der Waals surface area contributed by atoms with Gasteiger partial charge in [0.25, 0.3) is 5.91 Å². The van der Waals surface area contributed by atoms with Crippen molar-refractivity contribution in [2.24, 2.45) is 5.92 Å². The number of amides is 2. The molecule has 0 bridgehead atoms. The zero-order chi connectivity index (χ0) is 34.8. The number of nitrogens with one attached hydrogen (secondary N) is 1. The van der Waals surface area contributed by atoms with E-state index in [0.717, 1.165) is 64.6 Å². The smallest absolute Gasteiger partial charge is 0.476 e. The van der Waals surface area contributed by atoms with E-state index in [0.29, 0.717) is 48.3 Å². The van der Waals surface area contributed by atoms with Crippen molar-refractivity contribution in [1.29, 1.82) is 0 Å². The Labute approximate surface area is 284 Å². The van der Waals surface area contributed by atoms with Crippen molar-refractivity contribution < 1.29 is 37.0 Å². The van der Waals surface area contributed by atoms with Gasteiger partial charge in [-0.3, -0.25) is 14.6 Å². The first kappa shape index (κ1) is 35.8. The monoisotopic (exact) mass is 684 g/mol. The zero-order valence-corrected chi connectivity index (χ0v) is 27.9. The fourth-order valence-corrected chi connectivity index (χ4v) is 6.09. The summed E-state index contributed by atoms with van der Waals surface area (Å²) in [6.07, 6.45) is 4.09. The average molecular weight is 685 g/mol. The molecule has 2 fully saturated rings. The van der Waals surface area contributed by atoms with Crippen LogP contribution in [0.15, 0.2) is 48.9 Å². The first-order chi connectivity index (χ1) is 23.7. The highest BCUT2D eigenvalue weighted by Crippen LogP contribution is 2.38. The van der Waals surface area contributed by atoms with Gasteiger partial charge in [0.15, 0.2) is 5.69 Å². The van der Waals surface area contributed by atoms with Crippen molar-refractivity contribution >= 4 is 17.5 Å². The van der Waals surface area contributed by atoms with E-state index in [2.05, 4.69) is 29.9 Å². The number of hydrogen-bond acceptors (Lipinski definition) is 9. The maximum absolute atomic E-state index is 13.6. The van der Waals surface area contributed by atoms with Gasteiger partial charge in [0, 0.05) is 43.4 Å². The minimum Gasteiger partial charge on any atom is -0.476 e. The van der Waals surface area contributed by atoms with E-state index in [1.807, 2.05) is 13.8 Å². The lowest BCUT2D eigenvalue weighted by Gasteiger charge is -2.34. The molecule has 49 heavy (non-hydrogen) atoms. The molecule has 0 atom stereocenters. The van der Waals surface area contributed by atoms with Gasteiger partial charge in [-0.2, -0.15) is 9.97 Å².